The number of hydrogen-bond acceptors (Lipinski definition) is 6. The van der Waals surface area contributed by atoms with Gasteiger partial charge in [-0.05, 0) is 55.7 Å². The SMILES string of the molecule is COc1ccc(NC(=O)c2ccccc2NCC(=O)N(C2CCCCC2)C2CCS(=O)(=O)C2)cc1. The second-order valence-electron chi connectivity index (χ2n) is 9.23. The van der Waals surface area contributed by atoms with Crippen molar-refractivity contribution in [2.75, 3.05) is 35.8 Å². The van der Waals surface area contributed by atoms with Crippen LogP contribution in [0.4, 0.5) is 11.4 Å². The van der Waals surface area contributed by atoms with Crippen LogP contribution in [0.2, 0.25) is 0 Å². The van der Waals surface area contributed by atoms with Crippen LogP contribution in [0, 0.1) is 0 Å². The van der Waals surface area contributed by atoms with Crippen molar-refractivity contribution >= 4 is 33.0 Å². The Kier molecular flexibility index (Phi) is 7.95. The molecule has 1 atom stereocenters. The van der Waals surface area contributed by atoms with E-state index >= 15 is 0 Å². The van der Waals surface area contributed by atoms with Gasteiger partial charge in [-0.25, -0.2) is 8.42 Å². The molecule has 188 valence electrons. The molecular formula is C26H33N3O5S. The van der Waals surface area contributed by atoms with Gasteiger partial charge in [-0.1, -0.05) is 31.4 Å². The van der Waals surface area contributed by atoms with Gasteiger partial charge in [0.1, 0.15) is 5.75 Å². The van der Waals surface area contributed by atoms with Gasteiger partial charge >= 0.3 is 0 Å². The number of hydrogen-bond donors (Lipinski definition) is 2. The van der Waals surface area contributed by atoms with Gasteiger partial charge in [0.2, 0.25) is 5.91 Å². The Hall–Kier alpha value is -3.07. The Morgan fingerprint density at radius 2 is 1.69 bits per heavy atom. The number of carbonyl (C=O) groups excluding carboxylic acids is 2. The second kappa shape index (κ2) is 11.1. The maximum atomic E-state index is 13.4. The van der Waals surface area contributed by atoms with Crippen molar-refractivity contribution in [2.24, 2.45) is 0 Å². The molecule has 1 aliphatic heterocycles. The van der Waals surface area contributed by atoms with Crippen molar-refractivity contribution in [1.29, 1.82) is 0 Å². The molecule has 2 aromatic rings. The van der Waals surface area contributed by atoms with E-state index in [9.17, 15) is 18.0 Å². The van der Waals surface area contributed by atoms with Crippen LogP contribution in [0.5, 0.6) is 5.75 Å². The number of ether oxygens (including phenoxy) is 1. The van der Waals surface area contributed by atoms with E-state index in [4.69, 9.17) is 4.74 Å². The summed E-state index contributed by atoms with van der Waals surface area (Å²) < 4.78 is 29.4. The molecule has 8 nitrogen and oxygen atoms in total. The highest BCUT2D eigenvalue weighted by atomic mass is 32.2. The summed E-state index contributed by atoms with van der Waals surface area (Å²) in [6, 6.07) is 13.9. The smallest absolute Gasteiger partial charge is 0.257 e. The maximum Gasteiger partial charge on any atom is 0.257 e. The first-order valence-corrected chi connectivity index (χ1v) is 14.0. The molecule has 1 heterocycles. The van der Waals surface area contributed by atoms with Crippen molar-refractivity contribution in [3.8, 4) is 5.75 Å². The topological polar surface area (TPSA) is 105 Å². The molecule has 2 aliphatic rings. The minimum atomic E-state index is -3.11. The number of anilines is 2. The van der Waals surface area contributed by atoms with Crippen molar-refractivity contribution in [2.45, 2.75) is 50.6 Å². The predicted molar refractivity (Wildman–Crippen MR) is 137 cm³/mol. The molecule has 1 saturated carbocycles. The summed E-state index contributed by atoms with van der Waals surface area (Å²) in [5.74, 6) is 0.453. The molecule has 4 rings (SSSR count). The summed E-state index contributed by atoms with van der Waals surface area (Å²) in [6.07, 6.45) is 5.56. The fourth-order valence-electron chi connectivity index (χ4n) is 5.03. The summed E-state index contributed by atoms with van der Waals surface area (Å²) in [5.41, 5.74) is 1.60. The van der Waals surface area contributed by atoms with Crippen molar-refractivity contribution < 1.29 is 22.7 Å². The molecule has 0 aromatic heterocycles. The Balaban J connectivity index is 1.45. The number of nitrogens with zero attached hydrogens (tertiary/aromatic N) is 1. The van der Waals surface area contributed by atoms with Gasteiger partial charge in [0.05, 0.1) is 30.7 Å². The lowest BCUT2D eigenvalue weighted by Gasteiger charge is -2.38. The molecule has 2 N–H and O–H groups in total. The molecule has 0 bridgehead atoms. The quantitative estimate of drug-likeness (QED) is 0.574. The average Bonchev–Trinajstić information content (AvgIpc) is 3.23. The third-order valence-corrected chi connectivity index (χ3v) is 8.56. The van der Waals surface area contributed by atoms with E-state index in [0.29, 0.717) is 29.1 Å². The Labute approximate surface area is 207 Å². The third kappa shape index (κ3) is 6.33. The number of rotatable bonds is 8. The van der Waals surface area contributed by atoms with Crippen molar-refractivity contribution in [3.05, 3.63) is 54.1 Å². The molecule has 1 saturated heterocycles. The van der Waals surface area contributed by atoms with Gasteiger partial charge in [-0.2, -0.15) is 0 Å². The van der Waals surface area contributed by atoms with Crippen LogP contribution >= 0.6 is 0 Å². The highest BCUT2D eigenvalue weighted by molar-refractivity contribution is 7.91. The monoisotopic (exact) mass is 499 g/mol. The van der Waals surface area contributed by atoms with E-state index < -0.39 is 9.84 Å². The Morgan fingerprint density at radius 3 is 2.34 bits per heavy atom. The lowest BCUT2D eigenvalue weighted by molar-refractivity contribution is -0.134. The minimum absolute atomic E-state index is 0.000122. The van der Waals surface area contributed by atoms with Crippen LogP contribution in [0.15, 0.2) is 48.5 Å². The molecule has 1 unspecified atom stereocenters. The normalized spacial score (nSPS) is 19.6. The summed E-state index contributed by atoms with van der Waals surface area (Å²) in [6.45, 7) is -0.000122. The molecule has 0 spiro atoms. The number of sulfone groups is 1. The van der Waals surface area contributed by atoms with E-state index in [0.717, 1.165) is 32.1 Å². The van der Waals surface area contributed by atoms with Crippen molar-refractivity contribution in [1.82, 2.24) is 4.90 Å². The zero-order valence-corrected chi connectivity index (χ0v) is 20.9. The van der Waals surface area contributed by atoms with E-state index in [1.807, 2.05) is 4.90 Å². The average molecular weight is 500 g/mol. The number of carbonyl (C=O) groups is 2. The molecule has 1 aliphatic carbocycles. The zero-order chi connectivity index (χ0) is 24.8. The number of methoxy groups -OCH3 is 1. The predicted octanol–water partition coefficient (Wildman–Crippen LogP) is 3.71. The molecule has 2 aromatic carbocycles. The first kappa shape index (κ1) is 25.0. The fraction of sp³-hybridized carbons (Fsp3) is 0.462. The minimum Gasteiger partial charge on any atom is -0.497 e. The van der Waals surface area contributed by atoms with Gasteiger partial charge < -0.3 is 20.3 Å². The molecule has 9 heteroatoms. The van der Waals surface area contributed by atoms with E-state index in [1.54, 1.807) is 55.6 Å². The lowest BCUT2D eigenvalue weighted by Crippen LogP contribution is -2.50. The van der Waals surface area contributed by atoms with Crippen LogP contribution in [0.3, 0.4) is 0 Å². The van der Waals surface area contributed by atoms with Gasteiger partial charge in [0.25, 0.3) is 5.91 Å². The van der Waals surface area contributed by atoms with Crippen molar-refractivity contribution in [3.63, 3.8) is 0 Å². The van der Waals surface area contributed by atoms with E-state index in [2.05, 4.69) is 10.6 Å². The summed E-state index contributed by atoms with van der Waals surface area (Å²) in [5, 5.41) is 6.01. The zero-order valence-electron chi connectivity index (χ0n) is 20.0. The third-order valence-electron chi connectivity index (χ3n) is 6.81. The number of nitrogens with one attached hydrogen (secondary N) is 2. The van der Waals surface area contributed by atoms with Crippen LogP contribution in [0.25, 0.3) is 0 Å². The van der Waals surface area contributed by atoms with Crippen LogP contribution in [-0.4, -0.2) is 62.4 Å². The summed E-state index contributed by atoms with van der Waals surface area (Å²) in [7, 11) is -1.53. The fourth-order valence-corrected chi connectivity index (χ4v) is 6.74. The standard InChI is InChI=1S/C26H33N3O5S/c1-34-22-13-11-19(12-14-22)28-26(31)23-9-5-6-10-24(23)27-17-25(30)29(20-7-3-2-4-8-20)21-15-16-35(32,33)18-21/h5-6,9-14,20-21,27H,2-4,7-8,15-18H2,1H3,(H,28,31). The molecule has 2 amide bonds. The maximum absolute atomic E-state index is 13.4. The highest BCUT2D eigenvalue weighted by Gasteiger charge is 2.38. The first-order valence-electron chi connectivity index (χ1n) is 12.2. The number of amides is 2. The number of para-hydroxylation sites is 1. The molecular weight excluding hydrogens is 466 g/mol. The van der Waals surface area contributed by atoms with Gasteiger partial charge in [-0.3, -0.25) is 9.59 Å². The van der Waals surface area contributed by atoms with E-state index in [-0.39, 0.29) is 41.9 Å². The van der Waals surface area contributed by atoms with Gasteiger partial charge in [-0.15, -0.1) is 0 Å². The molecule has 35 heavy (non-hydrogen) atoms. The van der Waals surface area contributed by atoms with E-state index in [1.165, 1.54) is 0 Å². The van der Waals surface area contributed by atoms with Crippen LogP contribution < -0.4 is 15.4 Å². The summed E-state index contributed by atoms with van der Waals surface area (Å²) >= 11 is 0. The van der Waals surface area contributed by atoms with Crippen LogP contribution in [-0.2, 0) is 14.6 Å². The second-order valence-corrected chi connectivity index (χ2v) is 11.5. The molecule has 0 radical (unpaired) electrons. The number of benzene rings is 2. The van der Waals surface area contributed by atoms with Gasteiger partial charge in [0, 0.05) is 23.5 Å². The highest BCUT2D eigenvalue weighted by Crippen LogP contribution is 2.29. The molecule has 2 fully saturated rings. The summed E-state index contributed by atoms with van der Waals surface area (Å²) in [4.78, 5) is 28.2. The first-order chi connectivity index (χ1) is 16.9. The van der Waals surface area contributed by atoms with Crippen LogP contribution in [0.1, 0.15) is 48.9 Å². The van der Waals surface area contributed by atoms with Gasteiger partial charge in [0.15, 0.2) is 9.84 Å². The Morgan fingerprint density at radius 1 is 0.971 bits per heavy atom. The largest absolute Gasteiger partial charge is 0.497 e. The Bertz CT molecular complexity index is 1140. The lowest BCUT2D eigenvalue weighted by atomic mass is 9.93.